The quantitative estimate of drug-likeness (QED) is 0.748. The first-order valence-corrected chi connectivity index (χ1v) is 5.91. The van der Waals surface area contributed by atoms with Crippen molar-refractivity contribution in [1.29, 1.82) is 0 Å². The Labute approximate surface area is 96.4 Å². The predicted octanol–water partition coefficient (Wildman–Crippen LogP) is 1.04. The number of likely N-dealkylation sites (tertiary alicyclic amines) is 1. The molecule has 3 N–H and O–H groups in total. The molecule has 1 heterocycles. The van der Waals surface area contributed by atoms with Gasteiger partial charge in [-0.2, -0.15) is 0 Å². The summed E-state index contributed by atoms with van der Waals surface area (Å²) < 4.78 is 26.1. The predicted molar refractivity (Wildman–Crippen MR) is 61.8 cm³/mol. The molecular weight excluding hydrogens is 212 g/mol. The van der Waals surface area contributed by atoms with Gasteiger partial charge in [-0.1, -0.05) is 0 Å². The third kappa shape index (κ3) is 3.37. The third-order valence-electron chi connectivity index (χ3n) is 3.61. The number of alkyl halides is 2. The molecule has 3 nitrogen and oxygen atoms in total. The number of nitrogens with zero attached hydrogens (tertiary/aromatic N) is 1. The van der Waals surface area contributed by atoms with Crippen molar-refractivity contribution >= 4 is 0 Å². The molecule has 0 aromatic carbocycles. The van der Waals surface area contributed by atoms with Crippen molar-refractivity contribution in [2.24, 2.45) is 5.73 Å². The highest BCUT2D eigenvalue weighted by molar-refractivity contribution is 4.92. The van der Waals surface area contributed by atoms with Gasteiger partial charge in [0.2, 0.25) is 0 Å². The molecule has 0 bridgehead atoms. The summed E-state index contributed by atoms with van der Waals surface area (Å²) >= 11 is 0. The van der Waals surface area contributed by atoms with Crippen LogP contribution in [0.3, 0.4) is 0 Å². The van der Waals surface area contributed by atoms with Crippen LogP contribution in [-0.4, -0.2) is 49.6 Å². The maximum Gasteiger partial charge on any atom is 0.250 e. The summed E-state index contributed by atoms with van der Waals surface area (Å²) in [7, 11) is 1.89. The maximum atomic E-state index is 13.1. The van der Waals surface area contributed by atoms with E-state index >= 15 is 0 Å². The van der Waals surface area contributed by atoms with E-state index < -0.39 is 5.92 Å². The summed E-state index contributed by atoms with van der Waals surface area (Å²) in [6, 6.07) is 0. The van der Waals surface area contributed by atoms with Crippen molar-refractivity contribution in [1.82, 2.24) is 10.2 Å². The van der Waals surface area contributed by atoms with E-state index in [0.717, 1.165) is 13.0 Å². The molecule has 1 fully saturated rings. The molecule has 0 aliphatic carbocycles. The summed E-state index contributed by atoms with van der Waals surface area (Å²) in [5.41, 5.74) is 5.64. The lowest BCUT2D eigenvalue weighted by atomic mass is 9.92. The molecule has 5 heteroatoms. The van der Waals surface area contributed by atoms with Crippen LogP contribution in [0.5, 0.6) is 0 Å². The van der Waals surface area contributed by atoms with E-state index in [-0.39, 0.29) is 18.4 Å². The van der Waals surface area contributed by atoms with Crippen molar-refractivity contribution in [2.75, 3.05) is 33.2 Å². The summed E-state index contributed by atoms with van der Waals surface area (Å²) in [6.45, 7) is 4.34. The molecule has 0 aromatic heterocycles. The zero-order valence-corrected chi connectivity index (χ0v) is 10.2. The molecule has 0 radical (unpaired) electrons. The highest BCUT2D eigenvalue weighted by Gasteiger charge is 2.39. The summed E-state index contributed by atoms with van der Waals surface area (Å²) in [5, 5.41) is 3.08. The van der Waals surface area contributed by atoms with Crippen molar-refractivity contribution in [2.45, 2.75) is 37.6 Å². The average Bonchev–Trinajstić information content (AvgIpc) is 2.26. The minimum absolute atomic E-state index is 0.0395. The van der Waals surface area contributed by atoms with Gasteiger partial charge >= 0.3 is 0 Å². The number of nitrogens with one attached hydrogen (secondary N) is 1. The molecular formula is C11H23F2N3. The Morgan fingerprint density at radius 3 is 2.38 bits per heavy atom. The van der Waals surface area contributed by atoms with Gasteiger partial charge < -0.3 is 11.1 Å². The fourth-order valence-electron chi connectivity index (χ4n) is 2.16. The van der Waals surface area contributed by atoms with Gasteiger partial charge in [0.25, 0.3) is 5.92 Å². The van der Waals surface area contributed by atoms with Crippen LogP contribution in [0.15, 0.2) is 0 Å². The minimum atomic E-state index is -2.48. The molecule has 1 rings (SSSR count). The standard InChI is InChI=1S/C11H23F2N3/c1-10(9-14,3-6-15-2)16-7-4-11(12,13)5-8-16/h15H,3-9,14H2,1-2H3. The van der Waals surface area contributed by atoms with Crippen LogP contribution in [0.4, 0.5) is 8.78 Å². The number of nitrogens with two attached hydrogens (primary N) is 1. The number of halogens is 2. The maximum absolute atomic E-state index is 13.1. The lowest BCUT2D eigenvalue weighted by Crippen LogP contribution is -2.56. The molecule has 1 atom stereocenters. The van der Waals surface area contributed by atoms with Gasteiger partial charge in [-0.3, -0.25) is 4.90 Å². The first-order valence-electron chi connectivity index (χ1n) is 5.91. The second-order valence-corrected chi connectivity index (χ2v) is 4.90. The number of hydrogen-bond donors (Lipinski definition) is 2. The molecule has 1 unspecified atom stereocenters. The van der Waals surface area contributed by atoms with E-state index in [1.54, 1.807) is 0 Å². The molecule has 0 saturated carbocycles. The highest BCUT2D eigenvalue weighted by Crippen LogP contribution is 2.31. The van der Waals surface area contributed by atoms with Crippen molar-refractivity contribution in [3.63, 3.8) is 0 Å². The van der Waals surface area contributed by atoms with Crippen molar-refractivity contribution in [3.05, 3.63) is 0 Å². The third-order valence-corrected chi connectivity index (χ3v) is 3.61. The monoisotopic (exact) mass is 235 g/mol. The molecule has 16 heavy (non-hydrogen) atoms. The summed E-state index contributed by atoms with van der Waals surface area (Å²) in [4.78, 5) is 2.11. The lowest BCUT2D eigenvalue weighted by Gasteiger charge is -2.44. The first-order chi connectivity index (χ1) is 7.43. The molecule has 1 aliphatic rings. The SMILES string of the molecule is CNCCC(C)(CN)N1CCC(F)(F)CC1. The number of hydrogen-bond acceptors (Lipinski definition) is 3. The van der Waals surface area contributed by atoms with Gasteiger partial charge in [0.15, 0.2) is 0 Å². The van der Waals surface area contributed by atoms with E-state index in [4.69, 9.17) is 5.73 Å². The van der Waals surface area contributed by atoms with Crippen LogP contribution in [0.1, 0.15) is 26.2 Å². The zero-order chi connectivity index (χ0) is 12.2. The largest absolute Gasteiger partial charge is 0.329 e. The van der Waals surface area contributed by atoms with E-state index in [1.807, 2.05) is 7.05 Å². The van der Waals surface area contributed by atoms with E-state index in [1.165, 1.54) is 0 Å². The normalized spacial score (nSPS) is 25.3. The number of rotatable bonds is 5. The Hall–Kier alpha value is -0.260. The van der Waals surface area contributed by atoms with Gasteiger partial charge in [-0.15, -0.1) is 0 Å². The van der Waals surface area contributed by atoms with Gasteiger partial charge in [0.05, 0.1) is 0 Å². The van der Waals surface area contributed by atoms with Crippen molar-refractivity contribution in [3.8, 4) is 0 Å². The Balaban J connectivity index is 2.54. The molecule has 0 aromatic rings. The second kappa shape index (κ2) is 5.38. The lowest BCUT2D eigenvalue weighted by molar-refractivity contribution is -0.0761. The fourth-order valence-corrected chi connectivity index (χ4v) is 2.16. The average molecular weight is 235 g/mol. The smallest absolute Gasteiger partial charge is 0.250 e. The summed E-state index contributed by atoms with van der Waals surface area (Å²) in [5.74, 6) is -2.48. The summed E-state index contributed by atoms with van der Waals surface area (Å²) in [6.07, 6.45) is 0.815. The topological polar surface area (TPSA) is 41.3 Å². The van der Waals surface area contributed by atoms with E-state index in [9.17, 15) is 8.78 Å². The first kappa shape index (κ1) is 13.8. The van der Waals surface area contributed by atoms with Crippen molar-refractivity contribution < 1.29 is 8.78 Å². The number of piperidine rings is 1. The van der Waals surface area contributed by atoms with E-state index in [0.29, 0.717) is 19.6 Å². The Bertz CT molecular complexity index is 213. The van der Waals surface area contributed by atoms with Crippen LogP contribution in [0.2, 0.25) is 0 Å². The van der Waals surface area contributed by atoms with Gasteiger partial charge in [0.1, 0.15) is 0 Å². The van der Waals surface area contributed by atoms with Crippen LogP contribution in [-0.2, 0) is 0 Å². The highest BCUT2D eigenvalue weighted by atomic mass is 19.3. The van der Waals surface area contributed by atoms with Gasteiger partial charge in [0, 0.05) is 38.0 Å². The van der Waals surface area contributed by atoms with E-state index in [2.05, 4.69) is 17.1 Å². The molecule has 0 amide bonds. The molecule has 96 valence electrons. The van der Waals surface area contributed by atoms with Crippen LogP contribution < -0.4 is 11.1 Å². The van der Waals surface area contributed by atoms with Crippen LogP contribution in [0.25, 0.3) is 0 Å². The molecule has 1 saturated heterocycles. The Morgan fingerprint density at radius 1 is 1.38 bits per heavy atom. The Kier molecular flexibility index (Phi) is 4.64. The van der Waals surface area contributed by atoms with Gasteiger partial charge in [-0.25, -0.2) is 8.78 Å². The van der Waals surface area contributed by atoms with Crippen LogP contribution in [0, 0.1) is 0 Å². The second-order valence-electron chi connectivity index (χ2n) is 4.90. The molecule has 1 aliphatic heterocycles. The fraction of sp³-hybridized carbons (Fsp3) is 1.00. The molecule has 0 spiro atoms. The Morgan fingerprint density at radius 2 is 1.94 bits per heavy atom. The van der Waals surface area contributed by atoms with Crippen LogP contribution >= 0.6 is 0 Å². The van der Waals surface area contributed by atoms with Gasteiger partial charge in [-0.05, 0) is 26.9 Å². The minimum Gasteiger partial charge on any atom is -0.329 e. The zero-order valence-electron chi connectivity index (χ0n) is 10.2.